The van der Waals surface area contributed by atoms with Gasteiger partial charge in [0.1, 0.15) is 0 Å². The highest BCUT2D eigenvalue weighted by molar-refractivity contribution is 5.85. The summed E-state index contributed by atoms with van der Waals surface area (Å²) in [5, 5.41) is 0. The van der Waals surface area contributed by atoms with Crippen LogP contribution in [0.4, 0.5) is 5.69 Å². The third-order valence-corrected chi connectivity index (χ3v) is 1.51. The van der Waals surface area contributed by atoms with E-state index in [2.05, 4.69) is 4.98 Å². The van der Waals surface area contributed by atoms with Gasteiger partial charge >= 0.3 is 0 Å². The number of pyridine rings is 1. The molecular formula is C7H11ClN2. The number of nitrogens with two attached hydrogens (primary N) is 1. The Kier molecular flexibility index (Phi) is 3.16. The summed E-state index contributed by atoms with van der Waals surface area (Å²) >= 11 is 0. The Balaban J connectivity index is 0.000000810. The summed E-state index contributed by atoms with van der Waals surface area (Å²) in [6.45, 7) is 3.99. The SMILES string of the molecule is Cc1cncc(N)c1C.Cl. The first-order valence-corrected chi connectivity index (χ1v) is 2.88. The van der Waals surface area contributed by atoms with Crippen LogP contribution >= 0.6 is 12.4 Å². The molecule has 0 saturated carbocycles. The van der Waals surface area contributed by atoms with Gasteiger partial charge in [0.15, 0.2) is 0 Å². The minimum absolute atomic E-state index is 0. The van der Waals surface area contributed by atoms with Gasteiger partial charge in [0, 0.05) is 6.20 Å². The van der Waals surface area contributed by atoms with Crippen LogP contribution in [0.3, 0.4) is 0 Å². The lowest BCUT2D eigenvalue weighted by Crippen LogP contribution is -1.92. The van der Waals surface area contributed by atoms with Crippen LogP contribution in [-0.2, 0) is 0 Å². The minimum atomic E-state index is 0. The Bertz CT molecular complexity index is 203. The van der Waals surface area contributed by atoms with Gasteiger partial charge in [-0.2, -0.15) is 0 Å². The highest BCUT2D eigenvalue weighted by atomic mass is 35.5. The number of aromatic nitrogens is 1. The minimum Gasteiger partial charge on any atom is -0.397 e. The molecule has 2 nitrogen and oxygen atoms in total. The van der Waals surface area contributed by atoms with Gasteiger partial charge in [-0.25, -0.2) is 0 Å². The zero-order valence-corrected chi connectivity index (χ0v) is 6.90. The average Bonchev–Trinajstić information content (AvgIpc) is 1.83. The van der Waals surface area contributed by atoms with Gasteiger partial charge in [-0.15, -0.1) is 12.4 Å². The zero-order valence-electron chi connectivity index (χ0n) is 6.09. The maximum atomic E-state index is 5.56. The van der Waals surface area contributed by atoms with E-state index >= 15 is 0 Å². The van der Waals surface area contributed by atoms with E-state index in [0.29, 0.717) is 0 Å². The molecule has 1 aromatic rings. The average molecular weight is 159 g/mol. The lowest BCUT2D eigenvalue weighted by molar-refractivity contribution is 1.22. The van der Waals surface area contributed by atoms with E-state index in [1.807, 2.05) is 20.0 Å². The van der Waals surface area contributed by atoms with Gasteiger partial charge in [-0.3, -0.25) is 4.98 Å². The van der Waals surface area contributed by atoms with E-state index in [0.717, 1.165) is 16.8 Å². The molecule has 0 aliphatic rings. The van der Waals surface area contributed by atoms with Crippen LogP contribution in [0.2, 0.25) is 0 Å². The molecule has 0 spiro atoms. The molecule has 0 bridgehead atoms. The summed E-state index contributed by atoms with van der Waals surface area (Å²) in [6, 6.07) is 0. The molecule has 0 aromatic carbocycles. The van der Waals surface area contributed by atoms with Crippen LogP contribution in [-0.4, -0.2) is 4.98 Å². The van der Waals surface area contributed by atoms with Crippen molar-refractivity contribution in [2.45, 2.75) is 13.8 Å². The van der Waals surface area contributed by atoms with Crippen LogP contribution in [0.5, 0.6) is 0 Å². The summed E-state index contributed by atoms with van der Waals surface area (Å²) in [6.07, 6.45) is 3.48. The summed E-state index contributed by atoms with van der Waals surface area (Å²) < 4.78 is 0. The number of hydrogen-bond acceptors (Lipinski definition) is 2. The van der Waals surface area contributed by atoms with E-state index in [1.165, 1.54) is 0 Å². The Morgan fingerprint density at radius 2 is 1.90 bits per heavy atom. The molecule has 1 heterocycles. The van der Waals surface area contributed by atoms with Crippen LogP contribution in [0.1, 0.15) is 11.1 Å². The molecule has 0 atom stereocenters. The Labute approximate surface area is 66.9 Å². The van der Waals surface area contributed by atoms with Crippen molar-refractivity contribution in [1.29, 1.82) is 0 Å². The molecule has 0 amide bonds. The summed E-state index contributed by atoms with van der Waals surface area (Å²) in [5.41, 5.74) is 8.61. The molecule has 3 heteroatoms. The molecule has 56 valence electrons. The third kappa shape index (κ3) is 1.61. The highest BCUT2D eigenvalue weighted by Gasteiger charge is 1.93. The van der Waals surface area contributed by atoms with Gasteiger partial charge in [-0.1, -0.05) is 0 Å². The van der Waals surface area contributed by atoms with Crippen molar-refractivity contribution in [3.63, 3.8) is 0 Å². The number of nitrogen functional groups attached to an aromatic ring is 1. The number of aryl methyl sites for hydroxylation is 1. The third-order valence-electron chi connectivity index (χ3n) is 1.51. The van der Waals surface area contributed by atoms with Crippen LogP contribution in [0, 0.1) is 13.8 Å². The van der Waals surface area contributed by atoms with Crippen molar-refractivity contribution < 1.29 is 0 Å². The highest BCUT2D eigenvalue weighted by Crippen LogP contribution is 2.10. The number of rotatable bonds is 0. The number of halogens is 1. The molecule has 0 radical (unpaired) electrons. The Morgan fingerprint density at radius 1 is 1.30 bits per heavy atom. The molecule has 1 aromatic heterocycles. The van der Waals surface area contributed by atoms with E-state index in [-0.39, 0.29) is 12.4 Å². The maximum absolute atomic E-state index is 5.56. The molecule has 2 N–H and O–H groups in total. The molecule has 0 aliphatic carbocycles. The summed E-state index contributed by atoms with van der Waals surface area (Å²) in [4.78, 5) is 3.92. The summed E-state index contributed by atoms with van der Waals surface area (Å²) in [7, 11) is 0. The molecule has 10 heavy (non-hydrogen) atoms. The topological polar surface area (TPSA) is 38.9 Å². The Morgan fingerprint density at radius 3 is 2.30 bits per heavy atom. The van der Waals surface area contributed by atoms with Crippen molar-refractivity contribution in [3.05, 3.63) is 23.5 Å². The van der Waals surface area contributed by atoms with Gasteiger partial charge in [-0.05, 0) is 25.0 Å². The molecule has 1 rings (SSSR count). The van der Waals surface area contributed by atoms with E-state index < -0.39 is 0 Å². The van der Waals surface area contributed by atoms with Crippen LogP contribution in [0.15, 0.2) is 12.4 Å². The number of nitrogens with zero attached hydrogens (tertiary/aromatic N) is 1. The summed E-state index contributed by atoms with van der Waals surface area (Å²) in [5.74, 6) is 0. The first-order valence-electron chi connectivity index (χ1n) is 2.88. The smallest absolute Gasteiger partial charge is 0.0532 e. The predicted molar refractivity (Wildman–Crippen MR) is 45.4 cm³/mol. The fourth-order valence-corrected chi connectivity index (χ4v) is 0.651. The lowest BCUT2D eigenvalue weighted by atomic mass is 10.2. The van der Waals surface area contributed by atoms with Crippen molar-refractivity contribution in [3.8, 4) is 0 Å². The zero-order chi connectivity index (χ0) is 6.85. The molecular weight excluding hydrogens is 148 g/mol. The van der Waals surface area contributed by atoms with Crippen molar-refractivity contribution in [2.24, 2.45) is 0 Å². The number of anilines is 1. The van der Waals surface area contributed by atoms with Gasteiger partial charge in [0.2, 0.25) is 0 Å². The van der Waals surface area contributed by atoms with E-state index in [4.69, 9.17) is 5.73 Å². The quantitative estimate of drug-likeness (QED) is 0.624. The monoisotopic (exact) mass is 158 g/mol. The van der Waals surface area contributed by atoms with Gasteiger partial charge in [0.25, 0.3) is 0 Å². The first-order chi connectivity index (χ1) is 4.22. The second kappa shape index (κ2) is 3.42. The van der Waals surface area contributed by atoms with E-state index in [9.17, 15) is 0 Å². The molecule has 0 unspecified atom stereocenters. The lowest BCUT2D eigenvalue weighted by Gasteiger charge is -1.99. The van der Waals surface area contributed by atoms with Crippen molar-refractivity contribution in [1.82, 2.24) is 4.98 Å². The van der Waals surface area contributed by atoms with Crippen molar-refractivity contribution in [2.75, 3.05) is 5.73 Å². The first kappa shape index (κ1) is 9.24. The standard InChI is InChI=1S/C7H10N2.ClH/c1-5-3-9-4-7(8)6(5)2;/h3-4H,8H2,1-2H3;1H. The fraction of sp³-hybridized carbons (Fsp3) is 0.286. The second-order valence-corrected chi connectivity index (χ2v) is 2.17. The second-order valence-electron chi connectivity index (χ2n) is 2.17. The Hall–Kier alpha value is -0.760. The van der Waals surface area contributed by atoms with Crippen LogP contribution < -0.4 is 5.73 Å². The van der Waals surface area contributed by atoms with Gasteiger partial charge in [0.05, 0.1) is 11.9 Å². The molecule has 0 fully saturated rings. The largest absolute Gasteiger partial charge is 0.397 e. The fourth-order valence-electron chi connectivity index (χ4n) is 0.651. The van der Waals surface area contributed by atoms with Crippen LogP contribution in [0.25, 0.3) is 0 Å². The number of hydrogen-bond donors (Lipinski definition) is 1. The van der Waals surface area contributed by atoms with Crippen molar-refractivity contribution >= 4 is 18.1 Å². The maximum Gasteiger partial charge on any atom is 0.0532 e. The molecule has 0 aliphatic heterocycles. The predicted octanol–water partition coefficient (Wildman–Crippen LogP) is 1.70. The van der Waals surface area contributed by atoms with Gasteiger partial charge < -0.3 is 5.73 Å². The molecule has 0 saturated heterocycles. The normalized spacial score (nSPS) is 8.60. The van der Waals surface area contributed by atoms with E-state index in [1.54, 1.807) is 6.20 Å².